The first kappa shape index (κ1) is 15.9. The molecule has 6 heteroatoms. The smallest absolute Gasteiger partial charge is 0.220 e. The molecule has 0 aromatic heterocycles. The van der Waals surface area contributed by atoms with Crippen LogP contribution in [-0.2, 0) is 9.53 Å². The highest BCUT2D eigenvalue weighted by molar-refractivity contribution is 5.77. The lowest BCUT2D eigenvalue weighted by Crippen LogP contribution is -2.43. The first-order valence-corrected chi connectivity index (χ1v) is 6.99. The van der Waals surface area contributed by atoms with E-state index in [9.17, 15) is 13.6 Å². The SMILES string of the molecule is CO[C@H]1CNC[C@H]1NC(=O)C[C@H](C)c1ccc(F)cc1F. The monoisotopic (exact) mass is 298 g/mol. The number of hydrogen-bond donors (Lipinski definition) is 2. The number of halogens is 2. The number of hydrogen-bond acceptors (Lipinski definition) is 3. The maximum atomic E-state index is 13.7. The normalized spacial score (nSPS) is 23.0. The van der Waals surface area contributed by atoms with Crippen molar-refractivity contribution in [2.75, 3.05) is 20.2 Å². The predicted octanol–water partition coefficient (Wildman–Crippen LogP) is 1.56. The number of methoxy groups -OCH3 is 1. The number of ether oxygens (including phenoxy) is 1. The van der Waals surface area contributed by atoms with Crippen molar-refractivity contribution in [2.45, 2.75) is 31.4 Å². The van der Waals surface area contributed by atoms with Crippen LogP contribution in [0.4, 0.5) is 8.78 Å². The number of nitrogens with one attached hydrogen (secondary N) is 2. The minimum absolute atomic E-state index is 0.0492. The molecule has 2 N–H and O–H groups in total. The van der Waals surface area contributed by atoms with Crippen LogP contribution in [0.2, 0.25) is 0 Å². The molecular weight excluding hydrogens is 278 g/mol. The van der Waals surface area contributed by atoms with Gasteiger partial charge in [0.15, 0.2) is 0 Å². The molecule has 3 atom stereocenters. The maximum absolute atomic E-state index is 13.7. The van der Waals surface area contributed by atoms with Crippen molar-refractivity contribution in [2.24, 2.45) is 0 Å². The lowest BCUT2D eigenvalue weighted by Gasteiger charge is -2.20. The van der Waals surface area contributed by atoms with Gasteiger partial charge in [-0.25, -0.2) is 8.78 Å². The van der Waals surface area contributed by atoms with Crippen LogP contribution < -0.4 is 10.6 Å². The van der Waals surface area contributed by atoms with E-state index in [0.29, 0.717) is 18.7 Å². The molecule has 4 nitrogen and oxygen atoms in total. The highest BCUT2D eigenvalue weighted by Gasteiger charge is 2.28. The van der Waals surface area contributed by atoms with Crippen LogP contribution in [0.15, 0.2) is 18.2 Å². The van der Waals surface area contributed by atoms with Gasteiger partial charge in [0.2, 0.25) is 5.91 Å². The standard InChI is InChI=1S/C15H20F2N2O2/c1-9(11-4-3-10(16)6-12(11)17)5-15(20)19-13-7-18-8-14(13)21-2/h3-4,6,9,13-14,18H,5,7-8H2,1-2H3,(H,19,20)/t9-,13+,14-/m0/s1. The van der Waals surface area contributed by atoms with Gasteiger partial charge in [-0.3, -0.25) is 4.79 Å². The van der Waals surface area contributed by atoms with Gasteiger partial charge < -0.3 is 15.4 Å². The Morgan fingerprint density at radius 3 is 2.90 bits per heavy atom. The summed E-state index contributed by atoms with van der Waals surface area (Å²) < 4.78 is 31.8. The molecule has 1 amide bonds. The minimum atomic E-state index is -0.618. The Kier molecular flexibility index (Phi) is 5.25. The molecule has 0 saturated carbocycles. The van der Waals surface area contributed by atoms with Crippen LogP contribution in [-0.4, -0.2) is 38.3 Å². The molecule has 0 unspecified atom stereocenters. The first-order valence-electron chi connectivity index (χ1n) is 6.99. The maximum Gasteiger partial charge on any atom is 0.220 e. The number of benzene rings is 1. The van der Waals surface area contributed by atoms with E-state index in [0.717, 1.165) is 6.07 Å². The minimum Gasteiger partial charge on any atom is -0.378 e. The van der Waals surface area contributed by atoms with E-state index in [4.69, 9.17) is 4.74 Å². The number of carbonyl (C=O) groups excluding carboxylic acids is 1. The van der Waals surface area contributed by atoms with Crippen molar-refractivity contribution in [3.63, 3.8) is 0 Å². The van der Waals surface area contributed by atoms with Crippen LogP contribution in [0.25, 0.3) is 0 Å². The lowest BCUT2D eigenvalue weighted by atomic mass is 9.96. The van der Waals surface area contributed by atoms with E-state index in [-0.39, 0.29) is 30.4 Å². The quantitative estimate of drug-likeness (QED) is 0.867. The Morgan fingerprint density at radius 2 is 2.24 bits per heavy atom. The summed E-state index contributed by atoms with van der Waals surface area (Å²) >= 11 is 0. The molecule has 1 saturated heterocycles. The fourth-order valence-corrected chi connectivity index (χ4v) is 2.60. The zero-order valence-electron chi connectivity index (χ0n) is 12.2. The summed E-state index contributed by atoms with van der Waals surface area (Å²) in [6, 6.07) is 3.35. The van der Waals surface area contributed by atoms with Crippen LogP contribution in [0.1, 0.15) is 24.8 Å². The Labute approximate surface area is 122 Å². The van der Waals surface area contributed by atoms with Crippen molar-refractivity contribution in [3.05, 3.63) is 35.4 Å². The third kappa shape index (κ3) is 3.98. The highest BCUT2D eigenvalue weighted by Crippen LogP contribution is 2.22. The second-order valence-corrected chi connectivity index (χ2v) is 5.38. The van der Waals surface area contributed by atoms with Gasteiger partial charge in [0.25, 0.3) is 0 Å². The van der Waals surface area contributed by atoms with E-state index in [1.807, 2.05) is 0 Å². The van der Waals surface area contributed by atoms with Gasteiger partial charge in [-0.1, -0.05) is 13.0 Å². The van der Waals surface area contributed by atoms with Crippen molar-refractivity contribution < 1.29 is 18.3 Å². The van der Waals surface area contributed by atoms with Crippen molar-refractivity contribution in [3.8, 4) is 0 Å². The van der Waals surface area contributed by atoms with E-state index >= 15 is 0 Å². The average molecular weight is 298 g/mol. The molecule has 0 radical (unpaired) electrons. The van der Waals surface area contributed by atoms with Gasteiger partial charge in [0, 0.05) is 32.7 Å². The van der Waals surface area contributed by atoms with Crippen LogP contribution in [0.5, 0.6) is 0 Å². The Morgan fingerprint density at radius 1 is 1.48 bits per heavy atom. The van der Waals surface area contributed by atoms with E-state index in [1.54, 1.807) is 14.0 Å². The first-order chi connectivity index (χ1) is 10.0. The highest BCUT2D eigenvalue weighted by atomic mass is 19.1. The molecule has 2 rings (SSSR count). The van der Waals surface area contributed by atoms with Crippen LogP contribution in [0.3, 0.4) is 0 Å². The molecule has 116 valence electrons. The summed E-state index contributed by atoms with van der Waals surface area (Å²) in [6.07, 6.45) is 0.0991. The van der Waals surface area contributed by atoms with Gasteiger partial charge >= 0.3 is 0 Å². The molecular formula is C15H20F2N2O2. The average Bonchev–Trinajstić information content (AvgIpc) is 2.85. The molecule has 21 heavy (non-hydrogen) atoms. The van der Waals surface area contributed by atoms with Gasteiger partial charge in [-0.05, 0) is 17.5 Å². The van der Waals surface area contributed by atoms with E-state index in [2.05, 4.69) is 10.6 Å². The summed E-state index contributed by atoms with van der Waals surface area (Å²) in [7, 11) is 1.60. The number of carbonyl (C=O) groups is 1. The zero-order valence-corrected chi connectivity index (χ0v) is 12.2. The van der Waals surface area contributed by atoms with Crippen LogP contribution in [0, 0.1) is 11.6 Å². The Hall–Kier alpha value is -1.53. The molecule has 1 aromatic carbocycles. The summed E-state index contributed by atoms with van der Waals surface area (Å²) in [5.41, 5.74) is 0.347. The molecule has 1 heterocycles. The largest absolute Gasteiger partial charge is 0.378 e. The van der Waals surface area contributed by atoms with Gasteiger partial charge in [-0.15, -0.1) is 0 Å². The molecule has 0 bridgehead atoms. The lowest BCUT2D eigenvalue weighted by molar-refractivity contribution is -0.122. The molecule has 0 spiro atoms. The van der Waals surface area contributed by atoms with Crippen LogP contribution >= 0.6 is 0 Å². The van der Waals surface area contributed by atoms with Gasteiger partial charge in [0.1, 0.15) is 11.6 Å². The molecule has 1 aromatic rings. The number of rotatable bonds is 5. The van der Waals surface area contributed by atoms with Crippen molar-refractivity contribution >= 4 is 5.91 Å². The zero-order chi connectivity index (χ0) is 15.4. The van der Waals surface area contributed by atoms with E-state index in [1.165, 1.54) is 12.1 Å². The van der Waals surface area contributed by atoms with Crippen molar-refractivity contribution in [1.29, 1.82) is 0 Å². The fraction of sp³-hybridized carbons (Fsp3) is 0.533. The fourth-order valence-electron chi connectivity index (χ4n) is 2.60. The summed E-state index contributed by atoms with van der Waals surface area (Å²) in [4.78, 5) is 12.0. The third-order valence-electron chi connectivity index (χ3n) is 3.79. The summed E-state index contributed by atoms with van der Waals surface area (Å²) in [5, 5.41) is 6.03. The molecule has 1 fully saturated rings. The predicted molar refractivity (Wildman–Crippen MR) is 75.0 cm³/mol. The van der Waals surface area contributed by atoms with E-state index < -0.39 is 11.6 Å². The Bertz CT molecular complexity index is 510. The third-order valence-corrected chi connectivity index (χ3v) is 3.79. The van der Waals surface area contributed by atoms with Gasteiger partial charge in [-0.2, -0.15) is 0 Å². The Balaban J connectivity index is 1.92. The topological polar surface area (TPSA) is 50.4 Å². The second kappa shape index (κ2) is 6.95. The molecule has 0 aliphatic carbocycles. The van der Waals surface area contributed by atoms with Gasteiger partial charge in [0.05, 0.1) is 12.1 Å². The second-order valence-electron chi connectivity index (χ2n) is 5.38. The van der Waals surface area contributed by atoms with Crippen molar-refractivity contribution in [1.82, 2.24) is 10.6 Å². The summed E-state index contributed by atoms with van der Waals surface area (Å²) in [6.45, 7) is 3.10. The number of amides is 1. The molecule has 1 aliphatic heterocycles. The molecule has 1 aliphatic rings. The summed E-state index contributed by atoms with van der Waals surface area (Å²) in [5.74, 6) is -1.72.